The Morgan fingerprint density at radius 2 is 1.55 bits per heavy atom. The van der Waals surface area contributed by atoms with Crippen molar-refractivity contribution in [3.63, 3.8) is 0 Å². The van der Waals surface area contributed by atoms with Gasteiger partial charge in [0.15, 0.2) is 11.5 Å². The van der Waals surface area contributed by atoms with Crippen molar-refractivity contribution in [2.24, 2.45) is 0 Å². The monoisotopic (exact) mass is 443 g/mol. The number of carbonyl (C=O) groups is 1. The minimum Gasteiger partial charge on any atom is -0.493 e. The molecule has 0 saturated heterocycles. The molecule has 1 N–H and O–H groups in total. The molecule has 0 saturated carbocycles. The van der Waals surface area contributed by atoms with Gasteiger partial charge in [-0.15, -0.1) is 0 Å². The SMILES string of the molecule is COCCOc1ccc(C(F)(F)F)cc1NC(=O)Cc1cc(OC)c(OC)c(OC)c1. The topological polar surface area (TPSA) is 75.3 Å². The first-order valence-electron chi connectivity index (χ1n) is 9.15. The van der Waals surface area contributed by atoms with Crippen LogP contribution in [-0.2, 0) is 22.1 Å². The number of halogens is 3. The summed E-state index contributed by atoms with van der Waals surface area (Å²) in [6.45, 7) is 0.345. The van der Waals surface area contributed by atoms with Crippen LogP contribution in [0.15, 0.2) is 30.3 Å². The zero-order valence-electron chi connectivity index (χ0n) is 17.6. The van der Waals surface area contributed by atoms with Crippen LogP contribution in [-0.4, -0.2) is 47.6 Å². The van der Waals surface area contributed by atoms with E-state index in [0.29, 0.717) is 22.8 Å². The molecule has 0 aliphatic rings. The fourth-order valence-corrected chi connectivity index (χ4v) is 2.78. The van der Waals surface area contributed by atoms with E-state index in [-0.39, 0.29) is 31.1 Å². The van der Waals surface area contributed by atoms with Crippen LogP contribution >= 0.6 is 0 Å². The number of rotatable bonds is 10. The van der Waals surface area contributed by atoms with Crippen LogP contribution < -0.4 is 24.3 Å². The van der Waals surface area contributed by atoms with Gasteiger partial charge in [-0.1, -0.05) is 0 Å². The number of hydrogen-bond acceptors (Lipinski definition) is 6. The van der Waals surface area contributed by atoms with E-state index in [9.17, 15) is 18.0 Å². The molecule has 2 aromatic rings. The second-order valence-corrected chi connectivity index (χ2v) is 6.31. The van der Waals surface area contributed by atoms with Crippen molar-refractivity contribution in [3.8, 4) is 23.0 Å². The number of hydrogen-bond donors (Lipinski definition) is 1. The van der Waals surface area contributed by atoms with Gasteiger partial charge in [0.05, 0.1) is 45.6 Å². The number of carbonyl (C=O) groups excluding carboxylic acids is 1. The van der Waals surface area contributed by atoms with Gasteiger partial charge in [0.25, 0.3) is 0 Å². The van der Waals surface area contributed by atoms with Crippen molar-refractivity contribution in [2.75, 3.05) is 47.0 Å². The van der Waals surface area contributed by atoms with Gasteiger partial charge < -0.3 is 29.0 Å². The molecule has 170 valence electrons. The van der Waals surface area contributed by atoms with Gasteiger partial charge in [0, 0.05) is 7.11 Å². The molecule has 0 atom stereocenters. The zero-order valence-corrected chi connectivity index (χ0v) is 17.6. The first kappa shape index (κ1) is 24.1. The lowest BCUT2D eigenvalue weighted by Gasteiger charge is -2.16. The number of ether oxygens (including phenoxy) is 5. The summed E-state index contributed by atoms with van der Waals surface area (Å²) < 4.78 is 65.4. The molecule has 0 bridgehead atoms. The van der Waals surface area contributed by atoms with Crippen LogP contribution in [0.5, 0.6) is 23.0 Å². The van der Waals surface area contributed by atoms with E-state index in [4.69, 9.17) is 23.7 Å². The third-order valence-electron chi connectivity index (χ3n) is 4.22. The van der Waals surface area contributed by atoms with E-state index < -0.39 is 17.6 Å². The summed E-state index contributed by atoms with van der Waals surface area (Å²) in [5, 5.41) is 2.48. The molecule has 10 heteroatoms. The van der Waals surface area contributed by atoms with Crippen molar-refractivity contribution in [1.82, 2.24) is 0 Å². The minimum atomic E-state index is -4.57. The summed E-state index contributed by atoms with van der Waals surface area (Å²) in [4.78, 5) is 12.6. The Morgan fingerprint density at radius 3 is 2.06 bits per heavy atom. The highest BCUT2D eigenvalue weighted by molar-refractivity contribution is 5.94. The van der Waals surface area contributed by atoms with Crippen molar-refractivity contribution in [2.45, 2.75) is 12.6 Å². The molecule has 2 aromatic carbocycles. The van der Waals surface area contributed by atoms with Crippen LogP contribution in [0.1, 0.15) is 11.1 Å². The van der Waals surface area contributed by atoms with Gasteiger partial charge in [-0.3, -0.25) is 4.79 Å². The fraction of sp³-hybridized carbons (Fsp3) is 0.381. The fourth-order valence-electron chi connectivity index (χ4n) is 2.78. The lowest BCUT2D eigenvalue weighted by atomic mass is 10.1. The summed E-state index contributed by atoms with van der Waals surface area (Å²) in [5.41, 5.74) is -0.487. The summed E-state index contributed by atoms with van der Waals surface area (Å²) in [6.07, 6.45) is -4.72. The second-order valence-electron chi connectivity index (χ2n) is 6.31. The normalized spacial score (nSPS) is 11.1. The molecule has 2 rings (SSSR count). The molecule has 0 aliphatic carbocycles. The van der Waals surface area contributed by atoms with Gasteiger partial charge in [0.1, 0.15) is 12.4 Å². The van der Waals surface area contributed by atoms with Crippen molar-refractivity contribution in [3.05, 3.63) is 41.5 Å². The Hall–Kier alpha value is -3.14. The highest BCUT2D eigenvalue weighted by Gasteiger charge is 2.31. The Kier molecular flexibility index (Phi) is 8.38. The van der Waals surface area contributed by atoms with E-state index in [1.54, 1.807) is 12.1 Å². The van der Waals surface area contributed by atoms with Gasteiger partial charge in [-0.25, -0.2) is 0 Å². The second kappa shape index (κ2) is 10.8. The highest BCUT2D eigenvalue weighted by atomic mass is 19.4. The van der Waals surface area contributed by atoms with Crippen LogP contribution in [0.4, 0.5) is 18.9 Å². The Labute approximate surface area is 178 Å². The molecule has 0 aliphatic heterocycles. The number of anilines is 1. The number of benzene rings is 2. The van der Waals surface area contributed by atoms with Crippen LogP contribution in [0.3, 0.4) is 0 Å². The first-order chi connectivity index (χ1) is 14.7. The van der Waals surface area contributed by atoms with E-state index in [1.807, 2.05) is 0 Å². The molecule has 1 amide bonds. The van der Waals surface area contributed by atoms with Crippen LogP contribution in [0.25, 0.3) is 0 Å². The van der Waals surface area contributed by atoms with Crippen LogP contribution in [0, 0.1) is 0 Å². The summed E-state index contributed by atoms with van der Waals surface area (Å²) in [7, 11) is 5.79. The van der Waals surface area contributed by atoms with Crippen molar-refractivity contribution in [1.29, 1.82) is 0 Å². The van der Waals surface area contributed by atoms with E-state index in [0.717, 1.165) is 18.2 Å². The van der Waals surface area contributed by atoms with Crippen LogP contribution in [0.2, 0.25) is 0 Å². The zero-order chi connectivity index (χ0) is 23.0. The molecule has 0 aromatic heterocycles. The summed E-state index contributed by atoms with van der Waals surface area (Å²) in [5.74, 6) is 0.619. The maximum atomic E-state index is 13.1. The number of methoxy groups -OCH3 is 4. The van der Waals surface area contributed by atoms with E-state index in [2.05, 4.69) is 5.32 Å². The predicted molar refractivity (Wildman–Crippen MR) is 107 cm³/mol. The summed E-state index contributed by atoms with van der Waals surface area (Å²) in [6, 6.07) is 6.05. The molecule has 0 fully saturated rings. The number of nitrogens with one attached hydrogen (secondary N) is 1. The Morgan fingerprint density at radius 1 is 0.903 bits per heavy atom. The molecule has 0 heterocycles. The molecule has 7 nitrogen and oxygen atoms in total. The highest BCUT2D eigenvalue weighted by Crippen LogP contribution is 2.39. The lowest BCUT2D eigenvalue weighted by molar-refractivity contribution is -0.137. The number of alkyl halides is 3. The first-order valence-corrected chi connectivity index (χ1v) is 9.15. The summed E-state index contributed by atoms with van der Waals surface area (Å²) >= 11 is 0. The minimum absolute atomic E-state index is 0.0941. The third-order valence-corrected chi connectivity index (χ3v) is 4.22. The van der Waals surface area contributed by atoms with E-state index in [1.165, 1.54) is 28.4 Å². The third kappa shape index (κ3) is 6.42. The number of amides is 1. The van der Waals surface area contributed by atoms with Gasteiger partial charge in [-0.2, -0.15) is 13.2 Å². The van der Waals surface area contributed by atoms with Gasteiger partial charge in [-0.05, 0) is 35.9 Å². The molecule has 0 radical (unpaired) electrons. The standard InChI is InChI=1S/C21H24F3NO6/c1-27-7-8-31-16-6-5-14(21(22,23)24)12-15(16)25-19(26)11-13-9-17(28-2)20(30-4)18(10-13)29-3/h5-6,9-10,12H,7-8,11H2,1-4H3,(H,25,26). The average Bonchev–Trinajstić information content (AvgIpc) is 2.73. The average molecular weight is 443 g/mol. The molecular weight excluding hydrogens is 419 g/mol. The van der Waals surface area contributed by atoms with Crippen molar-refractivity contribution >= 4 is 11.6 Å². The predicted octanol–water partition coefficient (Wildman–Crippen LogP) is 3.94. The maximum Gasteiger partial charge on any atom is 0.416 e. The lowest BCUT2D eigenvalue weighted by Crippen LogP contribution is -2.17. The molecule has 31 heavy (non-hydrogen) atoms. The smallest absolute Gasteiger partial charge is 0.416 e. The molecule has 0 unspecified atom stereocenters. The quantitative estimate of drug-likeness (QED) is 0.561. The van der Waals surface area contributed by atoms with Gasteiger partial charge >= 0.3 is 6.18 Å². The van der Waals surface area contributed by atoms with Gasteiger partial charge in [0.2, 0.25) is 11.7 Å². The Balaban J connectivity index is 2.27. The largest absolute Gasteiger partial charge is 0.493 e. The van der Waals surface area contributed by atoms with E-state index >= 15 is 0 Å². The Bertz CT molecular complexity index is 876. The molecular formula is C21H24F3NO6. The molecule has 0 spiro atoms. The van der Waals surface area contributed by atoms with Crippen molar-refractivity contribution < 1.29 is 41.7 Å². The maximum absolute atomic E-state index is 13.1.